The van der Waals surface area contributed by atoms with E-state index in [0.29, 0.717) is 12.6 Å². The summed E-state index contributed by atoms with van der Waals surface area (Å²) in [5.74, 6) is 0.969. The summed E-state index contributed by atoms with van der Waals surface area (Å²) in [6, 6.07) is 8.29. The minimum atomic E-state index is 0. The van der Waals surface area contributed by atoms with Crippen molar-refractivity contribution in [2.75, 3.05) is 6.54 Å². The molecule has 0 atom stereocenters. The molecular weight excluding hydrogens is 296 g/mol. The fraction of sp³-hybridized carbons (Fsp3) is 0.611. The zero-order valence-corrected chi connectivity index (χ0v) is 14.0. The van der Waals surface area contributed by atoms with Gasteiger partial charge in [-0.3, -0.25) is 4.79 Å². The second kappa shape index (κ2) is 7.98. The first kappa shape index (κ1) is 17.3. The van der Waals surface area contributed by atoms with E-state index in [1.54, 1.807) is 0 Å². The normalized spacial score (nSPS) is 18.6. The fourth-order valence-corrected chi connectivity index (χ4v) is 3.32. The lowest BCUT2D eigenvalue weighted by molar-refractivity contribution is 0.0622. The second-order valence-corrected chi connectivity index (χ2v) is 6.59. The molecule has 2 aliphatic rings. The van der Waals surface area contributed by atoms with Crippen LogP contribution in [0.15, 0.2) is 24.3 Å². The quantitative estimate of drug-likeness (QED) is 0.897. The average Bonchev–Trinajstić information content (AvgIpc) is 3.37. The maximum absolute atomic E-state index is 12.9. The van der Waals surface area contributed by atoms with E-state index in [-0.39, 0.29) is 18.3 Å². The van der Waals surface area contributed by atoms with Crippen LogP contribution in [0, 0.1) is 5.92 Å². The maximum atomic E-state index is 12.9. The van der Waals surface area contributed by atoms with Crippen molar-refractivity contribution >= 4 is 18.3 Å². The van der Waals surface area contributed by atoms with Gasteiger partial charge in [-0.2, -0.15) is 0 Å². The van der Waals surface area contributed by atoms with Gasteiger partial charge in [0.15, 0.2) is 0 Å². The van der Waals surface area contributed by atoms with E-state index in [4.69, 9.17) is 5.73 Å². The summed E-state index contributed by atoms with van der Waals surface area (Å²) in [5.41, 5.74) is 7.53. The van der Waals surface area contributed by atoms with Gasteiger partial charge in [-0.25, -0.2) is 0 Å². The molecule has 0 radical (unpaired) electrons. The molecule has 1 aromatic rings. The van der Waals surface area contributed by atoms with Crippen molar-refractivity contribution in [2.45, 2.75) is 57.5 Å². The zero-order valence-electron chi connectivity index (χ0n) is 13.2. The van der Waals surface area contributed by atoms with Crippen LogP contribution in [-0.4, -0.2) is 23.4 Å². The number of halogens is 1. The predicted molar refractivity (Wildman–Crippen MR) is 92.2 cm³/mol. The number of hydrogen-bond donors (Lipinski definition) is 1. The zero-order chi connectivity index (χ0) is 14.7. The minimum absolute atomic E-state index is 0. The number of carbonyl (C=O) groups excluding carboxylic acids is 1. The van der Waals surface area contributed by atoms with Crippen LogP contribution >= 0.6 is 12.4 Å². The molecule has 1 aromatic carbocycles. The molecule has 3 nitrogen and oxygen atoms in total. The lowest BCUT2D eigenvalue weighted by Crippen LogP contribution is -2.42. The van der Waals surface area contributed by atoms with E-state index in [0.717, 1.165) is 23.6 Å². The summed E-state index contributed by atoms with van der Waals surface area (Å²) in [6.07, 6.45) is 8.81. The fourth-order valence-electron chi connectivity index (χ4n) is 3.32. The minimum Gasteiger partial charge on any atom is -0.335 e. The van der Waals surface area contributed by atoms with Crippen LogP contribution in [0.2, 0.25) is 0 Å². The number of benzene rings is 1. The molecule has 4 heteroatoms. The Balaban J connectivity index is 0.00000176. The molecule has 1 amide bonds. The Bertz CT molecular complexity index is 478. The molecule has 0 aromatic heterocycles. The Morgan fingerprint density at radius 1 is 1.05 bits per heavy atom. The molecule has 2 fully saturated rings. The average molecular weight is 323 g/mol. The number of amides is 1. The predicted octanol–water partition coefficient (Wildman–Crippen LogP) is 3.75. The Morgan fingerprint density at radius 3 is 2.23 bits per heavy atom. The van der Waals surface area contributed by atoms with Crippen molar-refractivity contribution in [3.63, 3.8) is 0 Å². The first-order valence-corrected chi connectivity index (χ1v) is 8.38. The lowest BCUT2D eigenvalue weighted by atomic mass is 9.93. The van der Waals surface area contributed by atoms with Gasteiger partial charge in [0.1, 0.15) is 0 Å². The molecule has 2 N–H and O–H groups in total. The highest BCUT2D eigenvalue weighted by Crippen LogP contribution is 2.33. The SMILES string of the molecule is Cl.NCc1ccc(C(=O)N(CC2CC2)C2CCCCC2)cc1. The molecule has 2 saturated carbocycles. The van der Waals surface area contributed by atoms with Crippen molar-refractivity contribution < 1.29 is 4.79 Å². The van der Waals surface area contributed by atoms with Crippen LogP contribution in [0.1, 0.15) is 60.9 Å². The van der Waals surface area contributed by atoms with Gasteiger partial charge in [0.05, 0.1) is 0 Å². The van der Waals surface area contributed by atoms with Crippen LogP contribution in [0.25, 0.3) is 0 Å². The van der Waals surface area contributed by atoms with E-state index >= 15 is 0 Å². The number of rotatable bonds is 5. The molecular formula is C18H27ClN2O. The van der Waals surface area contributed by atoms with Gasteiger partial charge >= 0.3 is 0 Å². The van der Waals surface area contributed by atoms with Crippen LogP contribution in [-0.2, 0) is 6.54 Å². The summed E-state index contributed by atoms with van der Waals surface area (Å²) in [6.45, 7) is 1.49. The third kappa shape index (κ3) is 4.23. The van der Waals surface area contributed by atoms with Crippen LogP contribution in [0.5, 0.6) is 0 Å². The van der Waals surface area contributed by atoms with E-state index in [2.05, 4.69) is 4.90 Å². The van der Waals surface area contributed by atoms with Crippen molar-refractivity contribution in [2.24, 2.45) is 11.7 Å². The molecule has 0 saturated heterocycles. The van der Waals surface area contributed by atoms with Gasteiger partial charge in [-0.05, 0) is 49.3 Å². The van der Waals surface area contributed by atoms with Crippen molar-refractivity contribution in [1.82, 2.24) is 4.90 Å². The third-order valence-electron chi connectivity index (χ3n) is 4.86. The van der Waals surface area contributed by atoms with E-state index in [9.17, 15) is 4.79 Å². The second-order valence-electron chi connectivity index (χ2n) is 6.59. The first-order valence-electron chi connectivity index (χ1n) is 8.38. The van der Waals surface area contributed by atoms with E-state index in [1.165, 1.54) is 44.9 Å². The molecule has 122 valence electrons. The standard InChI is InChI=1S/C18H26N2O.ClH/c19-12-14-8-10-16(11-9-14)18(21)20(13-15-6-7-15)17-4-2-1-3-5-17;/h8-11,15,17H,1-7,12-13,19H2;1H. The first-order chi connectivity index (χ1) is 10.3. The lowest BCUT2D eigenvalue weighted by Gasteiger charge is -2.34. The molecule has 0 aliphatic heterocycles. The molecule has 0 spiro atoms. The molecule has 0 heterocycles. The van der Waals surface area contributed by atoms with Gasteiger partial charge < -0.3 is 10.6 Å². The van der Waals surface area contributed by atoms with Gasteiger partial charge in [0.25, 0.3) is 5.91 Å². The van der Waals surface area contributed by atoms with Crippen molar-refractivity contribution in [3.05, 3.63) is 35.4 Å². The Kier molecular flexibility index (Phi) is 6.27. The van der Waals surface area contributed by atoms with E-state index < -0.39 is 0 Å². The Labute approximate surface area is 139 Å². The number of nitrogens with two attached hydrogens (primary N) is 1. The summed E-state index contributed by atoms with van der Waals surface area (Å²) >= 11 is 0. The van der Waals surface area contributed by atoms with Gasteiger partial charge in [-0.15, -0.1) is 12.4 Å². The number of hydrogen-bond acceptors (Lipinski definition) is 2. The summed E-state index contributed by atoms with van der Waals surface area (Å²) in [7, 11) is 0. The highest BCUT2D eigenvalue weighted by Gasteiger charge is 2.32. The summed E-state index contributed by atoms with van der Waals surface area (Å²) < 4.78 is 0. The Morgan fingerprint density at radius 2 is 1.68 bits per heavy atom. The molecule has 0 unspecified atom stereocenters. The third-order valence-corrected chi connectivity index (χ3v) is 4.86. The smallest absolute Gasteiger partial charge is 0.254 e. The summed E-state index contributed by atoms with van der Waals surface area (Å²) in [4.78, 5) is 15.1. The largest absolute Gasteiger partial charge is 0.335 e. The molecule has 3 rings (SSSR count). The van der Waals surface area contributed by atoms with Crippen LogP contribution < -0.4 is 5.73 Å². The monoisotopic (exact) mass is 322 g/mol. The molecule has 0 bridgehead atoms. The maximum Gasteiger partial charge on any atom is 0.254 e. The summed E-state index contributed by atoms with van der Waals surface area (Å²) in [5, 5.41) is 0. The van der Waals surface area contributed by atoms with Gasteiger partial charge in [-0.1, -0.05) is 31.4 Å². The Hall–Kier alpha value is -1.06. The molecule has 2 aliphatic carbocycles. The van der Waals surface area contributed by atoms with Crippen molar-refractivity contribution in [3.8, 4) is 0 Å². The molecule has 22 heavy (non-hydrogen) atoms. The van der Waals surface area contributed by atoms with Crippen LogP contribution in [0.4, 0.5) is 0 Å². The topological polar surface area (TPSA) is 46.3 Å². The van der Waals surface area contributed by atoms with E-state index in [1.807, 2.05) is 24.3 Å². The van der Waals surface area contributed by atoms with Crippen molar-refractivity contribution in [1.29, 1.82) is 0 Å². The number of carbonyl (C=O) groups is 1. The highest BCUT2D eigenvalue weighted by atomic mass is 35.5. The van der Waals surface area contributed by atoms with Gasteiger partial charge in [0, 0.05) is 24.7 Å². The van der Waals surface area contributed by atoms with Crippen LogP contribution in [0.3, 0.4) is 0 Å². The van der Waals surface area contributed by atoms with Gasteiger partial charge in [0.2, 0.25) is 0 Å². The highest BCUT2D eigenvalue weighted by molar-refractivity contribution is 5.94. The number of nitrogens with zero attached hydrogens (tertiary/aromatic N) is 1.